The first-order chi connectivity index (χ1) is 9.74. The van der Waals surface area contributed by atoms with E-state index in [2.05, 4.69) is 17.2 Å². The molecule has 0 saturated carbocycles. The molecule has 7 heteroatoms. The molecular weight excluding hydrogens is 299 g/mol. The van der Waals surface area contributed by atoms with Gasteiger partial charge < -0.3 is 5.32 Å². The number of halogens is 3. The lowest BCUT2D eigenvalue weighted by molar-refractivity contribution is -0.148. The highest BCUT2D eigenvalue weighted by atomic mass is 32.1. The lowest BCUT2D eigenvalue weighted by atomic mass is 10.0. The summed E-state index contributed by atoms with van der Waals surface area (Å²) < 4.78 is 37.1. The molecule has 120 valence electrons. The Morgan fingerprint density at radius 3 is 2.43 bits per heavy atom. The van der Waals surface area contributed by atoms with Gasteiger partial charge in [-0.3, -0.25) is 4.90 Å². The van der Waals surface area contributed by atoms with E-state index in [4.69, 9.17) is 0 Å². The summed E-state index contributed by atoms with van der Waals surface area (Å²) in [4.78, 5) is 7.14. The molecule has 1 aromatic heterocycles. The van der Waals surface area contributed by atoms with Crippen LogP contribution in [0.4, 0.5) is 13.2 Å². The third kappa shape index (κ3) is 4.93. The van der Waals surface area contributed by atoms with Crippen LogP contribution in [0.1, 0.15) is 41.4 Å². The maximum atomic E-state index is 12.4. The average molecular weight is 321 g/mol. The Morgan fingerprint density at radius 1 is 1.33 bits per heavy atom. The molecule has 3 nitrogen and oxygen atoms in total. The van der Waals surface area contributed by atoms with Crippen molar-refractivity contribution >= 4 is 11.3 Å². The van der Waals surface area contributed by atoms with Gasteiger partial charge in [-0.25, -0.2) is 4.98 Å². The molecule has 1 aromatic rings. The molecule has 2 rings (SSSR count). The molecule has 2 heterocycles. The first-order valence-corrected chi connectivity index (χ1v) is 8.05. The number of likely N-dealkylation sites (tertiary alicyclic amines) is 1. The number of thiazole rings is 1. The van der Waals surface area contributed by atoms with Gasteiger partial charge in [0, 0.05) is 17.0 Å². The molecule has 1 unspecified atom stereocenters. The number of aromatic nitrogens is 1. The maximum absolute atomic E-state index is 12.4. The normalized spacial score (nSPS) is 19.9. The summed E-state index contributed by atoms with van der Waals surface area (Å²) in [7, 11) is 0. The van der Waals surface area contributed by atoms with E-state index in [1.165, 1.54) is 9.78 Å². The fourth-order valence-electron chi connectivity index (χ4n) is 2.89. The van der Waals surface area contributed by atoms with Crippen molar-refractivity contribution in [1.82, 2.24) is 15.2 Å². The van der Waals surface area contributed by atoms with Crippen molar-refractivity contribution in [3.63, 3.8) is 0 Å². The molecule has 21 heavy (non-hydrogen) atoms. The fraction of sp³-hybridized carbons (Fsp3) is 0.786. The van der Waals surface area contributed by atoms with Crippen LogP contribution in [0.15, 0.2) is 0 Å². The van der Waals surface area contributed by atoms with Crippen molar-refractivity contribution < 1.29 is 13.2 Å². The number of nitrogens with one attached hydrogen (secondary N) is 1. The predicted molar refractivity (Wildman–Crippen MR) is 78.7 cm³/mol. The molecule has 0 aromatic carbocycles. The predicted octanol–water partition coefficient (Wildman–Crippen LogP) is 3.44. The Morgan fingerprint density at radius 2 is 1.95 bits per heavy atom. The number of hydrogen-bond acceptors (Lipinski definition) is 4. The number of hydrogen-bond donors (Lipinski definition) is 1. The minimum atomic E-state index is -4.09. The van der Waals surface area contributed by atoms with Crippen LogP contribution in [-0.2, 0) is 0 Å². The van der Waals surface area contributed by atoms with E-state index in [-0.39, 0.29) is 12.1 Å². The second-order valence-electron chi connectivity index (χ2n) is 5.74. The smallest absolute Gasteiger partial charge is 0.307 e. The Hall–Kier alpha value is -0.660. The highest BCUT2D eigenvalue weighted by Gasteiger charge is 2.32. The van der Waals surface area contributed by atoms with E-state index in [1.54, 1.807) is 11.3 Å². The van der Waals surface area contributed by atoms with Gasteiger partial charge in [-0.2, -0.15) is 13.2 Å². The summed E-state index contributed by atoms with van der Waals surface area (Å²) in [5.41, 5.74) is 1.05. The molecular formula is C14H22F3N3S. The van der Waals surface area contributed by atoms with E-state index >= 15 is 0 Å². The van der Waals surface area contributed by atoms with Gasteiger partial charge in [-0.15, -0.1) is 11.3 Å². The van der Waals surface area contributed by atoms with Gasteiger partial charge in [0.05, 0.1) is 17.2 Å². The van der Waals surface area contributed by atoms with Crippen LogP contribution in [0.5, 0.6) is 0 Å². The third-order valence-corrected chi connectivity index (χ3v) is 5.06. The van der Waals surface area contributed by atoms with Crippen molar-refractivity contribution in [1.29, 1.82) is 0 Å². The van der Waals surface area contributed by atoms with E-state index in [9.17, 15) is 13.2 Å². The zero-order chi connectivity index (χ0) is 15.6. The van der Waals surface area contributed by atoms with Crippen molar-refractivity contribution in [2.45, 2.75) is 51.9 Å². The molecule has 0 spiro atoms. The van der Waals surface area contributed by atoms with Gasteiger partial charge in [0.1, 0.15) is 0 Å². The Labute approximate surface area is 127 Å². The molecule has 0 aliphatic carbocycles. The summed E-state index contributed by atoms with van der Waals surface area (Å²) in [5.74, 6) is 0. The van der Waals surface area contributed by atoms with Crippen LogP contribution < -0.4 is 5.32 Å². The molecule has 0 radical (unpaired) electrons. The van der Waals surface area contributed by atoms with Crippen molar-refractivity contribution in [3.05, 3.63) is 15.6 Å². The summed E-state index contributed by atoms with van der Waals surface area (Å²) in [6, 6.07) is 0.488. The van der Waals surface area contributed by atoms with Crippen molar-refractivity contribution in [3.8, 4) is 0 Å². The monoisotopic (exact) mass is 321 g/mol. The Kier molecular flexibility index (Phi) is 5.27. The van der Waals surface area contributed by atoms with Crippen LogP contribution in [0.3, 0.4) is 0 Å². The van der Waals surface area contributed by atoms with Gasteiger partial charge >= 0.3 is 6.18 Å². The Balaban J connectivity index is 1.82. The number of nitrogens with zero attached hydrogens (tertiary/aromatic N) is 2. The minimum Gasteiger partial charge on any atom is -0.307 e. The molecule has 0 amide bonds. The molecule has 1 aliphatic rings. The first kappa shape index (κ1) is 16.7. The second kappa shape index (κ2) is 6.62. The van der Waals surface area contributed by atoms with Crippen molar-refractivity contribution in [2.24, 2.45) is 0 Å². The third-order valence-electron chi connectivity index (χ3n) is 3.81. The SMILES string of the molecule is Cc1nc(C)c(C(C)NC2CCN(CC(F)(F)F)CC2)s1. The molecule has 1 atom stereocenters. The van der Waals surface area contributed by atoms with E-state index in [1.807, 2.05) is 13.8 Å². The van der Waals surface area contributed by atoms with Gasteiger partial charge in [0.2, 0.25) is 0 Å². The van der Waals surface area contributed by atoms with E-state index in [0.717, 1.165) is 23.5 Å². The number of alkyl halides is 3. The summed E-state index contributed by atoms with van der Waals surface area (Å²) in [6.07, 6.45) is -2.57. The van der Waals surface area contributed by atoms with Gasteiger partial charge in [0.15, 0.2) is 0 Å². The Bertz CT molecular complexity index is 465. The zero-order valence-corrected chi connectivity index (χ0v) is 13.4. The molecule has 1 aliphatic heterocycles. The number of aryl methyl sites for hydroxylation is 2. The summed E-state index contributed by atoms with van der Waals surface area (Å²) in [6.45, 7) is 6.31. The molecule has 0 bridgehead atoms. The maximum Gasteiger partial charge on any atom is 0.401 e. The van der Waals surface area contributed by atoms with Crippen LogP contribution in [-0.4, -0.2) is 41.7 Å². The largest absolute Gasteiger partial charge is 0.401 e. The number of rotatable bonds is 4. The fourth-order valence-corrected chi connectivity index (χ4v) is 3.83. The topological polar surface area (TPSA) is 28.2 Å². The molecule has 1 saturated heterocycles. The van der Waals surface area contributed by atoms with Crippen LogP contribution >= 0.6 is 11.3 Å². The first-order valence-electron chi connectivity index (χ1n) is 7.23. The zero-order valence-electron chi connectivity index (χ0n) is 12.6. The summed E-state index contributed by atoms with van der Waals surface area (Å²) >= 11 is 1.69. The van der Waals surface area contributed by atoms with Gasteiger partial charge in [-0.1, -0.05) is 0 Å². The van der Waals surface area contributed by atoms with Gasteiger partial charge in [0.25, 0.3) is 0 Å². The highest BCUT2D eigenvalue weighted by Crippen LogP contribution is 2.26. The molecule has 1 N–H and O–H groups in total. The minimum absolute atomic E-state index is 0.204. The summed E-state index contributed by atoms with van der Waals surface area (Å²) in [5, 5.41) is 4.59. The molecule has 1 fully saturated rings. The number of piperidine rings is 1. The van der Waals surface area contributed by atoms with E-state index in [0.29, 0.717) is 13.1 Å². The second-order valence-corrected chi connectivity index (χ2v) is 6.97. The standard InChI is InChI=1S/C14H22F3N3S/c1-9-13(21-11(3)18-9)10(2)19-12-4-6-20(7-5-12)8-14(15,16)17/h10,12,19H,4-8H2,1-3H3. The van der Waals surface area contributed by atoms with Crippen LogP contribution in [0, 0.1) is 13.8 Å². The lowest BCUT2D eigenvalue weighted by Gasteiger charge is -2.34. The lowest BCUT2D eigenvalue weighted by Crippen LogP contribution is -2.46. The van der Waals surface area contributed by atoms with Gasteiger partial charge in [-0.05, 0) is 46.7 Å². The van der Waals surface area contributed by atoms with Crippen molar-refractivity contribution in [2.75, 3.05) is 19.6 Å². The van der Waals surface area contributed by atoms with Crippen LogP contribution in [0.2, 0.25) is 0 Å². The quantitative estimate of drug-likeness (QED) is 0.921. The average Bonchev–Trinajstić information content (AvgIpc) is 2.69. The van der Waals surface area contributed by atoms with Crippen LogP contribution in [0.25, 0.3) is 0 Å². The van der Waals surface area contributed by atoms with E-state index < -0.39 is 12.7 Å². The highest BCUT2D eigenvalue weighted by molar-refractivity contribution is 7.11.